The maximum absolute atomic E-state index is 14.5. The summed E-state index contributed by atoms with van der Waals surface area (Å²) in [6.45, 7) is -0.175. The number of fused-ring (bicyclic) bond motifs is 2. The first-order valence-electron chi connectivity index (χ1n) is 9.35. The highest BCUT2D eigenvalue weighted by atomic mass is 35.5. The van der Waals surface area contributed by atoms with E-state index in [1.165, 1.54) is 17.3 Å². The number of carbonyl (C=O) groups excluding carboxylic acids is 2. The minimum Gasteiger partial charge on any atom is -0.328 e. The average Bonchev–Trinajstić information content (AvgIpc) is 3.59. The van der Waals surface area contributed by atoms with Crippen molar-refractivity contribution in [2.24, 2.45) is 0 Å². The Morgan fingerprint density at radius 2 is 2.00 bits per heavy atom. The van der Waals surface area contributed by atoms with E-state index in [1.807, 2.05) is 0 Å². The number of halogens is 3. The molecule has 1 aliphatic heterocycles. The van der Waals surface area contributed by atoms with Gasteiger partial charge in [-0.15, -0.1) is 0 Å². The zero-order valence-corrected chi connectivity index (χ0v) is 16.0. The second kappa shape index (κ2) is 6.19. The predicted octanol–water partition coefficient (Wildman–Crippen LogP) is 3.16. The minimum absolute atomic E-state index is 0.0658. The summed E-state index contributed by atoms with van der Waals surface area (Å²) in [5.74, 6) is -0.795. The van der Waals surface area contributed by atoms with Crippen LogP contribution in [0.15, 0.2) is 30.6 Å². The van der Waals surface area contributed by atoms with Gasteiger partial charge in [0.05, 0.1) is 17.4 Å². The molecule has 9 heteroatoms. The standard InChI is InChI=1S/C20H17ClF2N4O2/c21-12-7-24-18(25-8-12)26-16(28)9-27-10-19(6-15(19)22)14-5-11(20(23)3-4-20)1-2-13(14)17(27)29/h1-2,5,7-8,15H,3-4,6,9-10H2,(H,24,25,26,28)/t15?,19-/m0/s1. The lowest BCUT2D eigenvalue weighted by Gasteiger charge is -2.34. The fraction of sp³-hybridized carbons (Fsp3) is 0.400. The SMILES string of the molecule is O=C(CN1C[C@@]2(CC2F)c2cc(C3(F)CC3)ccc2C1=O)Nc1ncc(Cl)cn1. The molecule has 2 aliphatic carbocycles. The maximum atomic E-state index is 14.5. The van der Waals surface area contributed by atoms with Crippen molar-refractivity contribution in [2.45, 2.75) is 36.5 Å². The molecule has 150 valence electrons. The first kappa shape index (κ1) is 18.4. The molecular formula is C20H17ClF2N4O2. The van der Waals surface area contributed by atoms with Crippen LogP contribution in [0.25, 0.3) is 0 Å². The van der Waals surface area contributed by atoms with Crippen molar-refractivity contribution in [3.05, 3.63) is 52.3 Å². The van der Waals surface area contributed by atoms with Gasteiger partial charge in [0.2, 0.25) is 11.9 Å². The molecule has 6 nitrogen and oxygen atoms in total. The van der Waals surface area contributed by atoms with Gasteiger partial charge in [-0.1, -0.05) is 23.7 Å². The average molecular weight is 419 g/mol. The van der Waals surface area contributed by atoms with E-state index in [9.17, 15) is 18.4 Å². The molecule has 29 heavy (non-hydrogen) atoms. The Bertz CT molecular complexity index is 1030. The highest BCUT2D eigenvalue weighted by Gasteiger charge is 2.61. The number of aromatic nitrogens is 2. The third-order valence-electron chi connectivity index (χ3n) is 5.94. The lowest BCUT2D eigenvalue weighted by Crippen LogP contribution is -2.47. The number of nitrogens with one attached hydrogen (secondary N) is 1. The lowest BCUT2D eigenvalue weighted by molar-refractivity contribution is -0.117. The molecule has 1 N–H and O–H groups in total. The topological polar surface area (TPSA) is 75.2 Å². The van der Waals surface area contributed by atoms with Gasteiger partial charge in [-0.3, -0.25) is 14.9 Å². The van der Waals surface area contributed by atoms with Crippen LogP contribution in [-0.2, 0) is 15.9 Å². The van der Waals surface area contributed by atoms with Crippen molar-refractivity contribution in [1.82, 2.24) is 14.9 Å². The minimum atomic E-state index is -1.35. The summed E-state index contributed by atoms with van der Waals surface area (Å²) in [4.78, 5) is 34.4. The molecule has 0 saturated heterocycles. The summed E-state index contributed by atoms with van der Waals surface area (Å²) < 4.78 is 28.9. The van der Waals surface area contributed by atoms with E-state index in [2.05, 4.69) is 15.3 Å². The molecular weight excluding hydrogens is 402 g/mol. The molecule has 2 atom stereocenters. The highest BCUT2D eigenvalue weighted by molar-refractivity contribution is 6.30. The molecule has 1 spiro atoms. The fourth-order valence-corrected chi connectivity index (χ4v) is 4.13. The zero-order chi connectivity index (χ0) is 20.4. The van der Waals surface area contributed by atoms with Crippen LogP contribution in [0.4, 0.5) is 14.7 Å². The van der Waals surface area contributed by atoms with Crippen molar-refractivity contribution >= 4 is 29.4 Å². The van der Waals surface area contributed by atoms with Gasteiger partial charge < -0.3 is 4.90 Å². The molecule has 5 rings (SSSR count). The zero-order valence-electron chi connectivity index (χ0n) is 15.3. The Labute approximate surface area is 170 Å². The number of hydrogen-bond donors (Lipinski definition) is 1. The van der Waals surface area contributed by atoms with Crippen LogP contribution in [0.5, 0.6) is 0 Å². The molecule has 0 radical (unpaired) electrons. The van der Waals surface area contributed by atoms with Crippen LogP contribution in [0.1, 0.15) is 40.7 Å². The highest BCUT2D eigenvalue weighted by Crippen LogP contribution is 2.57. The summed E-state index contributed by atoms with van der Waals surface area (Å²) in [5, 5.41) is 2.83. The van der Waals surface area contributed by atoms with Gasteiger partial charge in [0.15, 0.2) is 0 Å². The van der Waals surface area contributed by atoms with Crippen LogP contribution >= 0.6 is 11.6 Å². The third kappa shape index (κ3) is 3.06. The molecule has 2 fully saturated rings. The lowest BCUT2D eigenvalue weighted by atomic mass is 9.84. The van der Waals surface area contributed by atoms with Crippen molar-refractivity contribution in [3.8, 4) is 0 Å². The Hall–Kier alpha value is -2.61. The number of hydrogen-bond acceptors (Lipinski definition) is 4. The summed E-state index contributed by atoms with van der Waals surface area (Å²) in [5.41, 5.74) is -0.806. The van der Waals surface area contributed by atoms with Crippen molar-refractivity contribution in [1.29, 1.82) is 0 Å². The largest absolute Gasteiger partial charge is 0.328 e. The van der Waals surface area contributed by atoms with E-state index in [0.717, 1.165) is 0 Å². The molecule has 1 unspecified atom stereocenters. The Kier molecular flexibility index (Phi) is 3.93. The van der Waals surface area contributed by atoms with Gasteiger partial charge in [0.25, 0.3) is 5.91 Å². The van der Waals surface area contributed by atoms with Gasteiger partial charge in [-0.25, -0.2) is 18.7 Å². The summed E-state index contributed by atoms with van der Waals surface area (Å²) in [6, 6.07) is 4.81. The monoisotopic (exact) mass is 418 g/mol. The number of nitrogens with zero attached hydrogens (tertiary/aromatic N) is 3. The maximum Gasteiger partial charge on any atom is 0.254 e. The first-order chi connectivity index (χ1) is 13.8. The predicted molar refractivity (Wildman–Crippen MR) is 101 cm³/mol. The van der Waals surface area contributed by atoms with Crippen molar-refractivity contribution in [3.63, 3.8) is 0 Å². The molecule has 3 aliphatic rings. The fourth-order valence-electron chi connectivity index (χ4n) is 4.03. The number of benzene rings is 1. The quantitative estimate of drug-likeness (QED) is 0.827. The second-order valence-electron chi connectivity index (χ2n) is 7.99. The van der Waals surface area contributed by atoms with Crippen LogP contribution in [-0.4, -0.2) is 45.9 Å². The number of anilines is 1. The van der Waals surface area contributed by atoms with Crippen LogP contribution in [0, 0.1) is 0 Å². The summed E-state index contributed by atoms with van der Waals surface area (Å²) in [7, 11) is 0. The van der Waals surface area contributed by atoms with Gasteiger partial charge in [-0.05, 0) is 36.5 Å². The number of alkyl halides is 2. The molecule has 2 heterocycles. The Balaban J connectivity index is 1.39. The van der Waals surface area contributed by atoms with Crippen LogP contribution in [0.3, 0.4) is 0 Å². The third-order valence-corrected chi connectivity index (χ3v) is 6.14. The van der Waals surface area contributed by atoms with E-state index in [4.69, 9.17) is 11.6 Å². The van der Waals surface area contributed by atoms with E-state index < -0.39 is 23.2 Å². The molecule has 1 aromatic heterocycles. The molecule has 2 saturated carbocycles. The number of carbonyl (C=O) groups is 2. The van der Waals surface area contributed by atoms with Crippen molar-refractivity contribution < 1.29 is 18.4 Å². The normalized spacial score (nSPS) is 26.2. The van der Waals surface area contributed by atoms with Crippen LogP contribution < -0.4 is 5.32 Å². The van der Waals surface area contributed by atoms with Gasteiger partial charge in [-0.2, -0.15) is 0 Å². The number of rotatable bonds is 4. The van der Waals surface area contributed by atoms with E-state index in [-0.39, 0.29) is 31.4 Å². The molecule has 2 aromatic rings. The van der Waals surface area contributed by atoms with E-state index in [1.54, 1.807) is 18.2 Å². The molecule has 1 aromatic carbocycles. The van der Waals surface area contributed by atoms with E-state index >= 15 is 0 Å². The van der Waals surface area contributed by atoms with Crippen LogP contribution in [0.2, 0.25) is 5.02 Å². The summed E-state index contributed by atoms with van der Waals surface area (Å²) >= 11 is 5.72. The Morgan fingerprint density at radius 1 is 1.31 bits per heavy atom. The first-order valence-corrected chi connectivity index (χ1v) is 9.73. The van der Waals surface area contributed by atoms with Gasteiger partial charge in [0, 0.05) is 17.5 Å². The molecule has 2 amide bonds. The van der Waals surface area contributed by atoms with Gasteiger partial charge >= 0.3 is 0 Å². The van der Waals surface area contributed by atoms with E-state index in [0.29, 0.717) is 34.6 Å². The van der Waals surface area contributed by atoms with Gasteiger partial charge in [0.1, 0.15) is 18.4 Å². The smallest absolute Gasteiger partial charge is 0.254 e. The molecule has 0 bridgehead atoms. The Morgan fingerprint density at radius 3 is 2.62 bits per heavy atom. The number of amides is 2. The van der Waals surface area contributed by atoms with Crippen molar-refractivity contribution in [2.75, 3.05) is 18.4 Å². The second-order valence-corrected chi connectivity index (χ2v) is 8.42. The summed E-state index contributed by atoms with van der Waals surface area (Å²) in [6.07, 6.45) is 2.72.